The van der Waals surface area contributed by atoms with Crippen LogP contribution < -0.4 is 15.1 Å². The van der Waals surface area contributed by atoms with E-state index in [-0.39, 0.29) is 11.8 Å². The molecule has 0 saturated heterocycles. The lowest BCUT2D eigenvalue weighted by Gasteiger charge is -2.21. The molecular formula is C25H21N3O3. The van der Waals surface area contributed by atoms with Crippen LogP contribution >= 0.6 is 0 Å². The largest absolute Gasteiger partial charge is 0.339 e. The standard InChI is InChI=1S/C25H21N3O3/c1-17(29)26-19-13-15-21(16-14-19)28-24(30)22(18-9-5-3-6-10-18)23(25(28)31)27(2)20-11-7-4-8-12-20/h3-16H,1-2H3,(H,26,29). The van der Waals surface area contributed by atoms with Gasteiger partial charge in [0, 0.05) is 25.3 Å². The summed E-state index contributed by atoms with van der Waals surface area (Å²) in [5, 5.41) is 2.68. The molecule has 0 atom stereocenters. The second kappa shape index (κ2) is 8.28. The zero-order valence-electron chi connectivity index (χ0n) is 17.2. The van der Waals surface area contributed by atoms with Gasteiger partial charge in [-0.2, -0.15) is 0 Å². The van der Waals surface area contributed by atoms with Gasteiger partial charge >= 0.3 is 0 Å². The molecule has 1 N–H and O–H groups in total. The van der Waals surface area contributed by atoms with Gasteiger partial charge in [0.25, 0.3) is 11.8 Å². The van der Waals surface area contributed by atoms with Crippen LogP contribution in [0.2, 0.25) is 0 Å². The van der Waals surface area contributed by atoms with E-state index in [0.717, 1.165) is 5.69 Å². The third-order valence-corrected chi connectivity index (χ3v) is 5.05. The Kier molecular flexibility index (Phi) is 5.37. The Labute approximate surface area is 180 Å². The molecule has 31 heavy (non-hydrogen) atoms. The van der Waals surface area contributed by atoms with Gasteiger partial charge in [0.2, 0.25) is 5.91 Å². The highest BCUT2D eigenvalue weighted by molar-refractivity contribution is 6.46. The van der Waals surface area contributed by atoms with Gasteiger partial charge in [-0.15, -0.1) is 0 Å². The Balaban J connectivity index is 1.78. The highest BCUT2D eigenvalue weighted by Gasteiger charge is 2.42. The second-order valence-corrected chi connectivity index (χ2v) is 7.16. The van der Waals surface area contributed by atoms with Gasteiger partial charge in [0.05, 0.1) is 11.3 Å². The van der Waals surface area contributed by atoms with Crippen molar-refractivity contribution in [3.63, 3.8) is 0 Å². The summed E-state index contributed by atoms with van der Waals surface area (Å²) in [7, 11) is 1.78. The maximum Gasteiger partial charge on any atom is 0.282 e. The summed E-state index contributed by atoms with van der Waals surface area (Å²) < 4.78 is 0. The Morgan fingerprint density at radius 2 is 1.39 bits per heavy atom. The first-order chi connectivity index (χ1) is 15.0. The number of carbonyl (C=O) groups is 3. The number of amides is 3. The van der Waals surface area contributed by atoms with E-state index in [0.29, 0.717) is 28.2 Å². The molecule has 0 aromatic heterocycles. The van der Waals surface area contributed by atoms with Crippen molar-refractivity contribution in [2.24, 2.45) is 0 Å². The second-order valence-electron chi connectivity index (χ2n) is 7.16. The molecule has 0 spiro atoms. The number of nitrogens with one attached hydrogen (secondary N) is 1. The molecule has 4 rings (SSSR count). The van der Waals surface area contributed by atoms with E-state index in [1.165, 1.54) is 11.8 Å². The minimum absolute atomic E-state index is 0.194. The Morgan fingerprint density at radius 1 is 0.806 bits per heavy atom. The molecule has 0 fully saturated rings. The predicted octanol–water partition coefficient (Wildman–Crippen LogP) is 4.07. The van der Waals surface area contributed by atoms with E-state index in [2.05, 4.69) is 5.32 Å². The third-order valence-electron chi connectivity index (χ3n) is 5.05. The Morgan fingerprint density at radius 3 is 1.97 bits per heavy atom. The van der Waals surface area contributed by atoms with E-state index in [4.69, 9.17) is 0 Å². The van der Waals surface area contributed by atoms with Gasteiger partial charge in [-0.05, 0) is 42.0 Å². The molecule has 0 bridgehead atoms. The molecule has 154 valence electrons. The Bertz CT molecular complexity index is 1170. The molecule has 6 nitrogen and oxygen atoms in total. The zero-order valence-corrected chi connectivity index (χ0v) is 17.2. The van der Waals surface area contributed by atoms with Gasteiger partial charge in [0.1, 0.15) is 5.70 Å². The van der Waals surface area contributed by atoms with Crippen LogP contribution in [-0.2, 0) is 14.4 Å². The van der Waals surface area contributed by atoms with Crippen molar-refractivity contribution in [3.05, 3.63) is 96.2 Å². The van der Waals surface area contributed by atoms with Crippen LogP contribution in [0, 0.1) is 0 Å². The van der Waals surface area contributed by atoms with Gasteiger partial charge in [-0.3, -0.25) is 14.4 Å². The van der Waals surface area contributed by atoms with Gasteiger partial charge in [-0.1, -0.05) is 48.5 Å². The van der Waals surface area contributed by atoms with Crippen LogP contribution in [0.3, 0.4) is 0 Å². The van der Waals surface area contributed by atoms with Gasteiger partial charge < -0.3 is 10.2 Å². The summed E-state index contributed by atoms with van der Waals surface area (Å²) in [6.07, 6.45) is 0. The summed E-state index contributed by atoms with van der Waals surface area (Å²) in [5.41, 5.74) is 3.17. The van der Waals surface area contributed by atoms with Crippen LogP contribution in [0.4, 0.5) is 17.1 Å². The van der Waals surface area contributed by atoms with Crippen molar-refractivity contribution in [1.29, 1.82) is 0 Å². The molecular weight excluding hydrogens is 390 g/mol. The fourth-order valence-corrected chi connectivity index (χ4v) is 3.61. The average molecular weight is 411 g/mol. The average Bonchev–Trinajstić information content (AvgIpc) is 3.04. The molecule has 0 aliphatic carbocycles. The first kappa shape index (κ1) is 20.1. The topological polar surface area (TPSA) is 69.7 Å². The maximum atomic E-state index is 13.5. The molecule has 1 heterocycles. The number of para-hydroxylation sites is 1. The molecule has 0 unspecified atom stereocenters. The number of likely N-dealkylation sites (N-methyl/N-ethyl adjacent to an activating group) is 1. The zero-order chi connectivity index (χ0) is 22.0. The number of carbonyl (C=O) groups excluding carboxylic acids is 3. The summed E-state index contributed by atoms with van der Waals surface area (Å²) in [5.74, 6) is -0.982. The number of nitrogens with zero attached hydrogens (tertiary/aromatic N) is 2. The quantitative estimate of drug-likeness (QED) is 0.643. The number of rotatable bonds is 5. The highest BCUT2D eigenvalue weighted by atomic mass is 16.2. The lowest BCUT2D eigenvalue weighted by Crippen LogP contribution is -2.34. The van der Waals surface area contributed by atoms with Gasteiger partial charge in [0.15, 0.2) is 0 Å². The summed E-state index contributed by atoms with van der Waals surface area (Å²) in [4.78, 5) is 41.2. The predicted molar refractivity (Wildman–Crippen MR) is 121 cm³/mol. The molecule has 1 aliphatic rings. The van der Waals surface area contributed by atoms with Gasteiger partial charge in [-0.25, -0.2) is 4.90 Å². The van der Waals surface area contributed by atoms with E-state index >= 15 is 0 Å². The fourth-order valence-electron chi connectivity index (χ4n) is 3.61. The summed E-state index contributed by atoms with van der Waals surface area (Å²) >= 11 is 0. The third kappa shape index (κ3) is 3.83. The summed E-state index contributed by atoms with van der Waals surface area (Å²) in [6, 6.07) is 25.3. The SMILES string of the molecule is CC(=O)Nc1ccc(N2C(=O)C(c3ccccc3)=C(N(C)c3ccccc3)C2=O)cc1. The first-order valence-electron chi connectivity index (χ1n) is 9.82. The summed E-state index contributed by atoms with van der Waals surface area (Å²) in [6.45, 7) is 1.42. The van der Waals surface area contributed by atoms with Crippen molar-refractivity contribution < 1.29 is 14.4 Å². The highest BCUT2D eigenvalue weighted by Crippen LogP contribution is 2.36. The molecule has 3 aromatic rings. The number of benzene rings is 3. The number of hydrogen-bond donors (Lipinski definition) is 1. The van der Waals surface area contributed by atoms with Crippen molar-refractivity contribution in [2.45, 2.75) is 6.92 Å². The first-order valence-corrected chi connectivity index (χ1v) is 9.82. The monoisotopic (exact) mass is 411 g/mol. The smallest absolute Gasteiger partial charge is 0.282 e. The molecule has 3 aromatic carbocycles. The lowest BCUT2D eigenvalue weighted by molar-refractivity contribution is -0.120. The molecule has 3 amide bonds. The van der Waals surface area contributed by atoms with Crippen LogP contribution in [-0.4, -0.2) is 24.8 Å². The van der Waals surface area contributed by atoms with E-state index in [9.17, 15) is 14.4 Å². The number of imide groups is 1. The lowest BCUT2D eigenvalue weighted by atomic mass is 10.0. The van der Waals surface area contributed by atoms with Crippen LogP contribution in [0.1, 0.15) is 12.5 Å². The van der Waals surface area contributed by atoms with Crippen molar-refractivity contribution in [1.82, 2.24) is 0 Å². The normalized spacial score (nSPS) is 13.5. The number of anilines is 3. The van der Waals surface area contributed by atoms with Crippen molar-refractivity contribution in [3.8, 4) is 0 Å². The maximum absolute atomic E-state index is 13.5. The molecule has 0 radical (unpaired) electrons. The minimum Gasteiger partial charge on any atom is -0.339 e. The van der Waals surface area contributed by atoms with Crippen molar-refractivity contribution >= 4 is 40.4 Å². The van der Waals surface area contributed by atoms with Crippen LogP contribution in [0.15, 0.2) is 90.6 Å². The molecule has 0 saturated carbocycles. The van der Waals surface area contributed by atoms with Crippen LogP contribution in [0.25, 0.3) is 5.57 Å². The van der Waals surface area contributed by atoms with E-state index in [1.807, 2.05) is 60.7 Å². The fraction of sp³-hybridized carbons (Fsp3) is 0.0800. The van der Waals surface area contributed by atoms with Crippen LogP contribution in [0.5, 0.6) is 0 Å². The van der Waals surface area contributed by atoms with Crippen molar-refractivity contribution in [2.75, 3.05) is 22.2 Å². The Hall–Kier alpha value is -4.19. The minimum atomic E-state index is -0.400. The number of hydrogen-bond acceptors (Lipinski definition) is 4. The molecule has 1 aliphatic heterocycles. The van der Waals surface area contributed by atoms with E-state index < -0.39 is 5.91 Å². The molecule has 6 heteroatoms. The van der Waals surface area contributed by atoms with E-state index in [1.54, 1.807) is 36.2 Å².